The first-order chi connectivity index (χ1) is 6.65. The Morgan fingerprint density at radius 2 is 2.07 bits per heavy atom. The summed E-state index contributed by atoms with van der Waals surface area (Å²) >= 11 is 11.8. The number of rotatable bonds is 4. The van der Waals surface area contributed by atoms with Crippen LogP contribution in [-0.2, 0) is 11.2 Å². The SMILES string of the molecule is CCCC(=O)Cc1cccc(Cl)c1Cl. The summed E-state index contributed by atoms with van der Waals surface area (Å²) in [7, 11) is 0. The van der Waals surface area contributed by atoms with Crippen LogP contribution in [0.25, 0.3) is 0 Å². The van der Waals surface area contributed by atoms with Crippen LogP contribution in [0.5, 0.6) is 0 Å². The van der Waals surface area contributed by atoms with E-state index < -0.39 is 0 Å². The van der Waals surface area contributed by atoms with Gasteiger partial charge >= 0.3 is 0 Å². The van der Waals surface area contributed by atoms with Crippen LogP contribution < -0.4 is 0 Å². The maximum atomic E-state index is 11.4. The number of benzene rings is 1. The summed E-state index contributed by atoms with van der Waals surface area (Å²) < 4.78 is 0. The predicted molar refractivity (Wildman–Crippen MR) is 60.1 cm³/mol. The topological polar surface area (TPSA) is 17.1 Å². The standard InChI is InChI=1S/C11H12Cl2O/c1-2-4-9(14)7-8-5-3-6-10(12)11(8)13/h3,5-6H,2,4,7H2,1H3. The fourth-order valence-corrected chi connectivity index (χ4v) is 1.65. The highest BCUT2D eigenvalue weighted by atomic mass is 35.5. The molecule has 0 amide bonds. The van der Waals surface area contributed by atoms with Crippen molar-refractivity contribution >= 4 is 29.0 Å². The van der Waals surface area contributed by atoms with E-state index in [4.69, 9.17) is 23.2 Å². The van der Waals surface area contributed by atoms with Crippen LogP contribution in [0, 0.1) is 0 Å². The van der Waals surface area contributed by atoms with Crippen molar-refractivity contribution in [2.45, 2.75) is 26.2 Å². The fourth-order valence-electron chi connectivity index (χ4n) is 1.26. The molecule has 0 radical (unpaired) electrons. The maximum Gasteiger partial charge on any atom is 0.137 e. The highest BCUT2D eigenvalue weighted by Crippen LogP contribution is 2.26. The van der Waals surface area contributed by atoms with Gasteiger partial charge in [0.05, 0.1) is 10.0 Å². The lowest BCUT2D eigenvalue weighted by atomic mass is 10.1. The van der Waals surface area contributed by atoms with E-state index in [0.717, 1.165) is 12.0 Å². The summed E-state index contributed by atoms with van der Waals surface area (Å²) in [5, 5.41) is 1.01. The first kappa shape index (κ1) is 11.5. The molecule has 0 bridgehead atoms. The quantitative estimate of drug-likeness (QED) is 0.767. The van der Waals surface area contributed by atoms with Gasteiger partial charge in [0.25, 0.3) is 0 Å². The summed E-state index contributed by atoms with van der Waals surface area (Å²) in [6.07, 6.45) is 1.85. The van der Waals surface area contributed by atoms with Crippen LogP contribution in [0.1, 0.15) is 25.3 Å². The molecule has 0 N–H and O–H groups in total. The molecule has 0 aliphatic carbocycles. The van der Waals surface area contributed by atoms with Crippen molar-refractivity contribution in [3.8, 4) is 0 Å². The average Bonchev–Trinajstić information content (AvgIpc) is 2.13. The molecule has 1 rings (SSSR count). The van der Waals surface area contributed by atoms with Gasteiger partial charge in [0.15, 0.2) is 0 Å². The van der Waals surface area contributed by atoms with Crippen molar-refractivity contribution in [3.05, 3.63) is 33.8 Å². The van der Waals surface area contributed by atoms with Gasteiger partial charge in [0, 0.05) is 12.8 Å². The average molecular weight is 231 g/mol. The molecule has 0 heterocycles. The van der Waals surface area contributed by atoms with Crippen LogP contribution in [0.2, 0.25) is 10.0 Å². The molecular weight excluding hydrogens is 219 g/mol. The number of carbonyl (C=O) groups is 1. The lowest BCUT2D eigenvalue weighted by Gasteiger charge is -2.04. The molecule has 1 nitrogen and oxygen atoms in total. The van der Waals surface area contributed by atoms with E-state index in [2.05, 4.69) is 0 Å². The van der Waals surface area contributed by atoms with Crippen LogP contribution in [0.15, 0.2) is 18.2 Å². The Balaban J connectivity index is 2.76. The Kier molecular flexibility index (Phi) is 4.43. The summed E-state index contributed by atoms with van der Waals surface area (Å²) in [5.41, 5.74) is 0.817. The van der Waals surface area contributed by atoms with Gasteiger partial charge in [-0.3, -0.25) is 4.79 Å². The van der Waals surface area contributed by atoms with Gasteiger partial charge in [-0.25, -0.2) is 0 Å². The summed E-state index contributed by atoms with van der Waals surface area (Å²) in [6.45, 7) is 1.98. The van der Waals surface area contributed by atoms with Gasteiger partial charge in [-0.15, -0.1) is 0 Å². The Hall–Kier alpha value is -0.530. The summed E-state index contributed by atoms with van der Waals surface area (Å²) in [6, 6.07) is 5.36. The molecule has 0 saturated carbocycles. The molecule has 0 unspecified atom stereocenters. The molecule has 0 saturated heterocycles. The summed E-state index contributed by atoms with van der Waals surface area (Å²) in [4.78, 5) is 11.4. The third-order valence-electron chi connectivity index (χ3n) is 1.95. The number of ketones is 1. The number of hydrogen-bond donors (Lipinski definition) is 0. The highest BCUT2D eigenvalue weighted by molar-refractivity contribution is 6.42. The Morgan fingerprint density at radius 3 is 2.71 bits per heavy atom. The second kappa shape index (κ2) is 5.38. The predicted octanol–water partition coefficient (Wildman–Crippen LogP) is 3.91. The second-order valence-corrected chi connectivity index (χ2v) is 3.96. The number of Topliss-reactive ketones (excluding diaryl/α,β-unsaturated/α-hetero) is 1. The van der Waals surface area contributed by atoms with Gasteiger partial charge in [0.1, 0.15) is 5.78 Å². The van der Waals surface area contributed by atoms with Crippen molar-refractivity contribution in [1.82, 2.24) is 0 Å². The number of hydrogen-bond acceptors (Lipinski definition) is 1. The van der Waals surface area contributed by atoms with Crippen LogP contribution >= 0.6 is 23.2 Å². The fraction of sp³-hybridized carbons (Fsp3) is 0.364. The smallest absolute Gasteiger partial charge is 0.137 e. The summed E-state index contributed by atoms with van der Waals surface area (Å²) in [5.74, 6) is 0.205. The third-order valence-corrected chi connectivity index (χ3v) is 2.81. The molecule has 14 heavy (non-hydrogen) atoms. The van der Waals surface area contributed by atoms with Gasteiger partial charge in [0.2, 0.25) is 0 Å². The normalized spacial score (nSPS) is 10.2. The van der Waals surface area contributed by atoms with Crippen molar-refractivity contribution < 1.29 is 4.79 Å². The molecule has 0 spiro atoms. The van der Waals surface area contributed by atoms with Crippen LogP contribution in [0.3, 0.4) is 0 Å². The van der Waals surface area contributed by atoms with Crippen molar-refractivity contribution in [2.75, 3.05) is 0 Å². The van der Waals surface area contributed by atoms with E-state index >= 15 is 0 Å². The maximum absolute atomic E-state index is 11.4. The highest BCUT2D eigenvalue weighted by Gasteiger charge is 2.08. The van der Waals surface area contributed by atoms with E-state index in [1.54, 1.807) is 6.07 Å². The molecule has 0 aliphatic rings. The zero-order valence-electron chi connectivity index (χ0n) is 8.02. The molecular formula is C11H12Cl2O. The molecule has 1 aromatic carbocycles. The zero-order valence-corrected chi connectivity index (χ0v) is 9.53. The minimum absolute atomic E-state index is 0.205. The van der Waals surface area contributed by atoms with Crippen molar-refractivity contribution in [1.29, 1.82) is 0 Å². The van der Waals surface area contributed by atoms with E-state index in [1.165, 1.54) is 0 Å². The van der Waals surface area contributed by atoms with Gasteiger partial charge in [-0.1, -0.05) is 42.3 Å². The monoisotopic (exact) mass is 230 g/mol. The van der Waals surface area contributed by atoms with E-state index in [9.17, 15) is 4.79 Å². The number of halogens is 2. The Bertz CT molecular complexity index is 334. The Morgan fingerprint density at radius 1 is 1.36 bits per heavy atom. The molecule has 76 valence electrons. The molecule has 0 aromatic heterocycles. The molecule has 0 atom stereocenters. The zero-order chi connectivity index (χ0) is 10.6. The first-order valence-electron chi connectivity index (χ1n) is 4.59. The molecule has 0 aliphatic heterocycles. The third kappa shape index (κ3) is 3.00. The van der Waals surface area contributed by atoms with Crippen molar-refractivity contribution in [3.63, 3.8) is 0 Å². The van der Waals surface area contributed by atoms with Crippen molar-refractivity contribution in [2.24, 2.45) is 0 Å². The molecule has 0 fully saturated rings. The van der Waals surface area contributed by atoms with Crippen LogP contribution in [0.4, 0.5) is 0 Å². The van der Waals surface area contributed by atoms with E-state index in [0.29, 0.717) is 22.9 Å². The van der Waals surface area contributed by atoms with Gasteiger partial charge in [-0.05, 0) is 18.1 Å². The second-order valence-electron chi connectivity index (χ2n) is 3.18. The molecule has 3 heteroatoms. The molecule has 1 aromatic rings. The lowest BCUT2D eigenvalue weighted by molar-refractivity contribution is -0.118. The first-order valence-corrected chi connectivity index (χ1v) is 5.35. The van der Waals surface area contributed by atoms with Gasteiger partial charge in [-0.2, -0.15) is 0 Å². The lowest BCUT2D eigenvalue weighted by Crippen LogP contribution is -2.02. The minimum Gasteiger partial charge on any atom is -0.299 e. The number of carbonyl (C=O) groups excluding carboxylic acids is 1. The van der Waals surface area contributed by atoms with Gasteiger partial charge < -0.3 is 0 Å². The van der Waals surface area contributed by atoms with E-state index in [1.807, 2.05) is 19.1 Å². The minimum atomic E-state index is 0.205. The largest absolute Gasteiger partial charge is 0.299 e. The van der Waals surface area contributed by atoms with Crippen LogP contribution in [-0.4, -0.2) is 5.78 Å². The van der Waals surface area contributed by atoms with E-state index in [-0.39, 0.29) is 5.78 Å². The Labute approximate surface area is 94.0 Å².